The van der Waals surface area contributed by atoms with Crippen LogP contribution in [0.5, 0.6) is 5.88 Å². The van der Waals surface area contributed by atoms with Crippen LogP contribution in [0.1, 0.15) is 24.8 Å². The van der Waals surface area contributed by atoms with Gasteiger partial charge in [0.2, 0.25) is 5.88 Å². The monoisotopic (exact) mass is 474 g/mol. The van der Waals surface area contributed by atoms with Gasteiger partial charge in [0.1, 0.15) is 18.5 Å². The second-order valence-corrected chi connectivity index (χ2v) is 9.37. The topological polar surface area (TPSA) is 78.7 Å². The van der Waals surface area contributed by atoms with Crippen molar-refractivity contribution >= 4 is 5.82 Å². The molecule has 0 spiro atoms. The summed E-state index contributed by atoms with van der Waals surface area (Å²) in [6, 6.07) is 12.6. The lowest BCUT2D eigenvalue weighted by Crippen LogP contribution is -2.34. The molecule has 1 atom stereocenters. The van der Waals surface area contributed by atoms with E-state index in [0.717, 1.165) is 47.7 Å². The van der Waals surface area contributed by atoms with Crippen molar-refractivity contribution in [3.8, 4) is 28.3 Å². The average molecular weight is 475 g/mol. The molecule has 8 nitrogen and oxygen atoms in total. The number of aromatic nitrogens is 3. The van der Waals surface area contributed by atoms with E-state index in [1.165, 1.54) is 24.8 Å². The molecule has 8 heteroatoms. The normalized spacial score (nSPS) is 19.7. The van der Waals surface area contributed by atoms with Crippen LogP contribution < -0.4 is 15.3 Å². The first-order valence-electron chi connectivity index (χ1n) is 12.5. The van der Waals surface area contributed by atoms with E-state index in [-0.39, 0.29) is 11.8 Å². The molecule has 1 unspecified atom stereocenters. The van der Waals surface area contributed by atoms with E-state index in [9.17, 15) is 4.79 Å². The van der Waals surface area contributed by atoms with E-state index >= 15 is 0 Å². The van der Waals surface area contributed by atoms with E-state index in [1.54, 1.807) is 4.57 Å². The zero-order chi connectivity index (χ0) is 23.6. The summed E-state index contributed by atoms with van der Waals surface area (Å²) in [6.07, 6.45) is 6.40. The van der Waals surface area contributed by atoms with Crippen molar-refractivity contribution in [3.63, 3.8) is 0 Å². The zero-order valence-corrected chi connectivity index (χ0v) is 19.8. The van der Waals surface area contributed by atoms with Crippen LogP contribution in [0.4, 0.5) is 5.82 Å². The quantitative estimate of drug-likeness (QED) is 0.561. The Labute approximate surface area is 204 Å². The Morgan fingerprint density at radius 3 is 2.69 bits per heavy atom. The average Bonchev–Trinajstić information content (AvgIpc) is 2.92. The maximum Gasteiger partial charge on any atom is 0.351 e. The van der Waals surface area contributed by atoms with Gasteiger partial charge in [-0.15, -0.1) is 0 Å². The van der Waals surface area contributed by atoms with E-state index in [0.29, 0.717) is 38.9 Å². The summed E-state index contributed by atoms with van der Waals surface area (Å²) in [6.45, 7) is 4.74. The van der Waals surface area contributed by atoms with Gasteiger partial charge in [-0.25, -0.2) is 9.78 Å². The van der Waals surface area contributed by atoms with Gasteiger partial charge < -0.3 is 19.1 Å². The van der Waals surface area contributed by atoms with Gasteiger partial charge >= 0.3 is 5.69 Å². The van der Waals surface area contributed by atoms with E-state index < -0.39 is 0 Å². The Hall–Kier alpha value is -3.23. The molecule has 182 valence electrons. The van der Waals surface area contributed by atoms with E-state index in [1.807, 2.05) is 12.3 Å². The summed E-state index contributed by atoms with van der Waals surface area (Å²) in [5, 5.41) is 0. The summed E-state index contributed by atoms with van der Waals surface area (Å²) in [4.78, 5) is 23.9. The largest absolute Gasteiger partial charge is 0.475 e. The molecule has 3 aliphatic rings. The van der Waals surface area contributed by atoms with Gasteiger partial charge in [0.25, 0.3) is 0 Å². The molecule has 2 aromatic heterocycles. The van der Waals surface area contributed by atoms with Crippen molar-refractivity contribution in [1.29, 1.82) is 0 Å². The molecule has 1 aromatic carbocycles. The molecule has 0 N–H and O–H groups in total. The standard InChI is InChI=1S/C27H30N4O4/c32-27-29-26(35-18-22-17-33-12-13-34-22)15-24-23-6-4-19(14-20(23)8-11-31(24)27)21-5-7-25(28-16-21)30-9-2-1-3-10-30/h4-7,14-16,22H,1-3,8-13,17-18H2. The Morgan fingerprint density at radius 1 is 1.00 bits per heavy atom. The number of nitrogens with zero attached hydrogens (tertiary/aromatic N) is 4. The van der Waals surface area contributed by atoms with Crippen LogP contribution in [0.2, 0.25) is 0 Å². The lowest BCUT2D eigenvalue weighted by atomic mass is 9.94. The Morgan fingerprint density at radius 2 is 1.89 bits per heavy atom. The Bertz CT molecular complexity index is 1250. The van der Waals surface area contributed by atoms with E-state index in [2.05, 4.69) is 40.2 Å². The van der Waals surface area contributed by atoms with Crippen molar-refractivity contribution in [2.24, 2.45) is 0 Å². The summed E-state index contributed by atoms with van der Waals surface area (Å²) < 4.78 is 18.6. The van der Waals surface area contributed by atoms with Crippen molar-refractivity contribution in [2.75, 3.05) is 44.4 Å². The molecule has 35 heavy (non-hydrogen) atoms. The molecule has 3 aromatic rings. The summed E-state index contributed by atoms with van der Waals surface area (Å²) in [5.74, 6) is 1.38. The summed E-state index contributed by atoms with van der Waals surface area (Å²) in [7, 11) is 0. The van der Waals surface area contributed by atoms with Crippen molar-refractivity contribution in [3.05, 3.63) is 58.6 Å². The number of anilines is 1. The minimum Gasteiger partial charge on any atom is -0.475 e. The van der Waals surface area contributed by atoms with Gasteiger partial charge in [-0.3, -0.25) is 4.57 Å². The predicted molar refractivity (Wildman–Crippen MR) is 133 cm³/mol. The molecule has 0 saturated carbocycles. The molecule has 2 fully saturated rings. The highest BCUT2D eigenvalue weighted by molar-refractivity contribution is 5.73. The minimum atomic E-state index is -0.287. The number of rotatable bonds is 5. The fraction of sp³-hybridized carbons (Fsp3) is 0.444. The van der Waals surface area contributed by atoms with Crippen LogP contribution in [0, 0.1) is 0 Å². The third kappa shape index (κ3) is 4.68. The molecule has 3 aliphatic heterocycles. The number of fused-ring (bicyclic) bond motifs is 3. The molecule has 0 radical (unpaired) electrons. The van der Waals surface area contributed by atoms with Crippen LogP contribution >= 0.6 is 0 Å². The molecule has 2 saturated heterocycles. The van der Waals surface area contributed by atoms with Crippen LogP contribution in [0.3, 0.4) is 0 Å². The van der Waals surface area contributed by atoms with Crippen LogP contribution in [-0.2, 0) is 22.4 Å². The van der Waals surface area contributed by atoms with Crippen LogP contribution in [0.25, 0.3) is 22.4 Å². The zero-order valence-electron chi connectivity index (χ0n) is 19.8. The number of ether oxygens (including phenoxy) is 3. The first-order chi connectivity index (χ1) is 17.2. The van der Waals surface area contributed by atoms with Gasteiger partial charge in [-0.05, 0) is 48.9 Å². The first-order valence-corrected chi connectivity index (χ1v) is 12.5. The fourth-order valence-electron chi connectivity index (χ4n) is 5.14. The number of pyridine rings is 1. The first kappa shape index (κ1) is 22.2. The SMILES string of the molecule is O=c1nc(OCC2COCCO2)cc2n1CCc1cc(-c3ccc(N4CCCCC4)nc3)ccc1-2. The minimum absolute atomic E-state index is 0.144. The molecule has 5 heterocycles. The fourth-order valence-corrected chi connectivity index (χ4v) is 5.14. The highest BCUT2D eigenvalue weighted by Gasteiger charge is 2.21. The van der Waals surface area contributed by atoms with Crippen LogP contribution in [0.15, 0.2) is 47.4 Å². The molecule has 6 rings (SSSR count). The summed E-state index contributed by atoms with van der Waals surface area (Å²) >= 11 is 0. The van der Waals surface area contributed by atoms with Crippen LogP contribution in [-0.4, -0.2) is 60.2 Å². The Balaban J connectivity index is 1.23. The summed E-state index contributed by atoms with van der Waals surface area (Å²) in [5.41, 5.74) is 5.04. The lowest BCUT2D eigenvalue weighted by Gasteiger charge is -2.27. The van der Waals surface area contributed by atoms with Crippen molar-refractivity contribution < 1.29 is 14.2 Å². The second kappa shape index (κ2) is 9.79. The molecular weight excluding hydrogens is 444 g/mol. The molecule has 0 aliphatic carbocycles. The lowest BCUT2D eigenvalue weighted by molar-refractivity contribution is -0.102. The Kier molecular flexibility index (Phi) is 6.22. The molecular formula is C27H30N4O4. The number of benzene rings is 1. The van der Waals surface area contributed by atoms with Gasteiger partial charge in [-0.2, -0.15) is 4.98 Å². The number of aryl methyl sites for hydroxylation is 1. The maximum atomic E-state index is 12.7. The highest BCUT2D eigenvalue weighted by atomic mass is 16.6. The number of hydrogen-bond acceptors (Lipinski definition) is 7. The maximum absolute atomic E-state index is 12.7. The predicted octanol–water partition coefficient (Wildman–Crippen LogP) is 3.31. The highest BCUT2D eigenvalue weighted by Crippen LogP contribution is 2.33. The number of hydrogen-bond donors (Lipinski definition) is 0. The third-order valence-corrected chi connectivity index (χ3v) is 7.04. The van der Waals surface area contributed by atoms with Gasteiger partial charge in [0, 0.05) is 43.0 Å². The molecule has 0 bridgehead atoms. The van der Waals surface area contributed by atoms with Gasteiger partial charge in [0.15, 0.2) is 0 Å². The van der Waals surface area contributed by atoms with Gasteiger partial charge in [-0.1, -0.05) is 18.2 Å². The second-order valence-electron chi connectivity index (χ2n) is 9.37. The van der Waals surface area contributed by atoms with E-state index in [4.69, 9.17) is 19.2 Å². The smallest absolute Gasteiger partial charge is 0.351 e. The van der Waals surface area contributed by atoms with Crippen molar-refractivity contribution in [2.45, 2.75) is 38.3 Å². The van der Waals surface area contributed by atoms with Crippen molar-refractivity contribution in [1.82, 2.24) is 14.5 Å². The third-order valence-electron chi connectivity index (χ3n) is 7.04. The van der Waals surface area contributed by atoms with Gasteiger partial charge in [0.05, 0.1) is 25.5 Å². The molecule has 0 amide bonds. The number of piperidine rings is 1.